The van der Waals surface area contributed by atoms with Gasteiger partial charge in [-0.1, -0.05) is 111 Å². The van der Waals surface area contributed by atoms with Gasteiger partial charge >= 0.3 is 5.97 Å². The van der Waals surface area contributed by atoms with E-state index >= 15 is 0 Å². The lowest BCUT2D eigenvalue weighted by atomic mass is 10.1. The van der Waals surface area contributed by atoms with E-state index in [1.54, 1.807) is 0 Å². The molecule has 0 radical (unpaired) electrons. The van der Waals surface area contributed by atoms with Crippen molar-refractivity contribution in [3.63, 3.8) is 0 Å². The minimum Gasteiger partial charge on any atom is -0.466 e. The zero-order valence-electron chi connectivity index (χ0n) is 24.0. The van der Waals surface area contributed by atoms with Gasteiger partial charge in [0, 0.05) is 6.42 Å². The Morgan fingerprint density at radius 3 is 1.21 bits per heavy atom. The quantitative estimate of drug-likeness (QED) is 0.0844. The van der Waals surface area contributed by atoms with Crippen LogP contribution in [0.2, 0.25) is 0 Å². The van der Waals surface area contributed by atoms with Gasteiger partial charge < -0.3 is 9.22 Å². The molecule has 0 aliphatic rings. The van der Waals surface area contributed by atoms with Gasteiger partial charge in [-0.05, 0) is 39.0 Å². The van der Waals surface area contributed by atoms with Crippen molar-refractivity contribution in [3.8, 4) is 0 Å². The van der Waals surface area contributed by atoms with E-state index < -0.39 is 0 Å². The second kappa shape index (κ2) is 27.7. The minimum atomic E-state index is -0.0593. The van der Waals surface area contributed by atoms with Crippen molar-refractivity contribution in [2.24, 2.45) is 0 Å². The molecule has 0 amide bonds. The van der Waals surface area contributed by atoms with Crippen LogP contribution < -0.4 is 0 Å². The van der Waals surface area contributed by atoms with Crippen LogP contribution in [0.15, 0.2) is 0 Å². The van der Waals surface area contributed by atoms with E-state index in [4.69, 9.17) is 4.74 Å². The molecule has 0 saturated carbocycles. The lowest BCUT2D eigenvalue weighted by molar-refractivity contribution is -0.890. The van der Waals surface area contributed by atoms with Gasteiger partial charge in [-0.2, -0.15) is 0 Å². The maximum Gasteiger partial charge on any atom is 0.305 e. The number of esters is 1. The highest BCUT2D eigenvalue weighted by Crippen LogP contribution is 2.13. The molecule has 0 unspecified atom stereocenters. The molecule has 0 spiro atoms. The zero-order chi connectivity index (χ0) is 25.0. The fourth-order valence-electron chi connectivity index (χ4n) is 4.21. The highest BCUT2D eigenvalue weighted by atomic mass is 16.5. The fraction of sp³-hybridized carbons (Fsp3) is 0.967. The molecule has 0 aromatic carbocycles. The number of carbonyl (C=O) groups excluding carboxylic acids is 1. The zero-order valence-corrected chi connectivity index (χ0v) is 24.0. The molecule has 0 atom stereocenters. The van der Waals surface area contributed by atoms with E-state index in [1.807, 2.05) is 6.92 Å². The lowest BCUT2D eigenvalue weighted by Crippen LogP contribution is -2.41. The van der Waals surface area contributed by atoms with Crippen LogP contribution in [-0.4, -0.2) is 44.2 Å². The van der Waals surface area contributed by atoms with Gasteiger partial charge in [0.15, 0.2) is 0 Å². The molecule has 0 aliphatic heterocycles. The number of nitrogens with zero attached hydrogens (tertiary/aromatic N) is 1. The van der Waals surface area contributed by atoms with Crippen molar-refractivity contribution >= 4 is 5.97 Å². The van der Waals surface area contributed by atoms with Crippen molar-refractivity contribution < 1.29 is 14.0 Å². The third kappa shape index (κ3) is 31.4. The van der Waals surface area contributed by atoms with Gasteiger partial charge in [0.2, 0.25) is 0 Å². The molecule has 0 saturated heterocycles. The van der Waals surface area contributed by atoms with Crippen molar-refractivity contribution in [3.05, 3.63) is 0 Å². The molecule has 3 heteroatoms. The number of hydrogen-bond donors (Lipinski definition) is 0. The summed E-state index contributed by atoms with van der Waals surface area (Å²) < 4.78 is 5.99. The van der Waals surface area contributed by atoms with Gasteiger partial charge in [-0.3, -0.25) is 4.79 Å². The lowest BCUT2D eigenvalue weighted by Gasteiger charge is -2.30. The third-order valence-electron chi connectivity index (χ3n) is 6.52. The molecule has 0 aromatic rings. The third-order valence-corrected chi connectivity index (χ3v) is 6.52. The van der Waals surface area contributed by atoms with Crippen LogP contribution in [0.1, 0.15) is 156 Å². The predicted molar refractivity (Wildman–Crippen MR) is 148 cm³/mol. The second-order valence-corrected chi connectivity index (χ2v) is 10.6. The molecule has 0 aromatic heterocycles. The Bertz CT molecular complexity index is 359. The molecule has 200 valence electrons. The predicted octanol–water partition coefficient (Wildman–Crippen LogP) is 9.47. The van der Waals surface area contributed by atoms with E-state index in [0.717, 1.165) is 19.3 Å². The van der Waals surface area contributed by atoms with Crippen LogP contribution in [0, 0.1) is 0 Å². The van der Waals surface area contributed by atoms with Crippen molar-refractivity contribution in [2.75, 3.05) is 33.8 Å². The van der Waals surface area contributed by atoms with Gasteiger partial charge in [0.1, 0.15) is 0 Å². The maximum absolute atomic E-state index is 10.7. The maximum atomic E-state index is 10.7. The summed E-state index contributed by atoms with van der Waals surface area (Å²) in [7, 11) is 4.87. The van der Waals surface area contributed by atoms with Gasteiger partial charge in [0.25, 0.3) is 0 Å². The Morgan fingerprint density at radius 2 is 0.848 bits per heavy atom. The monoisotopic (exact) mass is 470 g/mol. The summed E-state index contributed by atoms with van der Waals surface area (Å²) in [6, 6.07) is 0. The van der Waals surface area contributed by atoms with E-state index in [-0.39, 0.29) is 5.97 Å². The van der Waals surface area contributed by atoms with Crippen LogP contribution in [0.3, 0.4) is 0 Å². The van der Waals surface area contributed by atoms with Crippen LogP contribution in [-0.2, 0) is 9.53 Å². The summed E-state index contributed by atoms with van der Waals surface area (Å²) in [5, 5.41) is 0. The fourth-order valence-corrected chi connectivity index (χ4v) is 4.21. The molecule has 0 aliphatic carbocycles. The largest absolute Gasteiger partial charge is 0.466 e. The molecule has 0 heterocycles. The molecule has 3 nitrogen and oxygen atoms in total. The molecule has 0 rings (SSSR count). The molecular formula is C30H64NO2+. The summed E-state index contributed by atoms with van der Waals surface area (Å²) in [5.74, 6) is -0.0593. The average Bonchev–Trinajstić information content (AvgIpc) is 2.78. The molecule has 33 heavy (non-hydrogen) atoms. The Hall–Kier alpha value is -0.570. The van der Waals surface area contributed by atoms with Gasteiger partial charge in [0.05, 0.1) is 33.8 Å². The van der Waals surface area contributed by atoms with Crippen molar-refractivity contribution in [1.82, 2.24) is 0 Å². The molecule has 0 fully saturated rings. The van der Waals surface area contributed by atoms with Crippen LogP contribution in [0.4, 0.5) is 0 Å². The van der Waals surface area contributed by atoms with Gasteiger partial charge in [-0.25, -0.2) is 0 Å². The Kier molecular flexibility index (Phi) is 29.0. The Labute approximate surface area is 210 Å². The number of carbonyl (C=O) groups is 1. The topological polar surface area (TPSA) is 26.3 Å². The summed E-state index contributed by atoms with van der Waals surface area (Å²) in [4.78, 5) is 10.7. The summed E-state index contributed by atoms with van der Waals surface area (Å²) in [5.41, 5.74) is 0. The van der Waals surface area contributed by atoms with Crippen LogP contribution in [0.25, 0.3) is 0 Å². The Balaban J connectivity index is 0. The van der Waals surface area contributed by atoms with E-state index in [9.17, 15) is 4.79 Å². The Morgan fingerprint density at radius 1 is 0.515 bits per heavy atom. The van der Waals surface area contributed by atoms with E-state index in [2.05, 4.69) is 34.9 Å². The highest BCUT2D eigenvalue weighted by Gasteiger charge is 2.13. The average molecular weight is 471 g/mol. The number of ether oxygens (including phenoxy) is 1. The summed E-state index contributed by atoms with van der Waals surface area (Å²) in [6.45, 7) is 11.8. The molecular weight excluding hydrogens is 406 g/mol. The highest BCUT2D eigenvalue weighted by molar-refractivity contribution is 5.69. The first kappa shape index (κ1) is 34.6. The first-order valence-electron chi connectivity index (χ1n) is 14.9. The van der Waals surface area contributed by atoms with Crippen LogP contribution >= 0.6 is 0 Å². The van der Waals surface area contributed by atoms with E-state index in [1.165, 1.54) is 120 Å². The molecule has 0 bridgehead atoms. The van der Waals surface area contributed by atoms with Crippen molar-refractivity contribution in [1.29, 1.82) is 0 Å². The number of quaternary nitrogens is 1. The molecule has 0 N–H and O–H groups in total. The minimum absolute atomic E-state index is 0.0593. The second-order valence-electron chi connectivity index (χ2n) is 10.6. The van der Waals surface area contributed by atoms with Crippen LogP contribution in [0.5, 0.6) is 0 Å². The number of unbranched alkanes of at least 4 members (excludes halogenated alkanes) is 16. The first-order chi connectivity index (χ1) is 15.9. The number of rotatable bonds is 23. The smallest absolute Gasteiger partial charge is 0.305 e. The number of hydrogen-bond acceptors (Lipinski definition) is 2. The SMILES string of the molecule is CCCCCC(=O)OCC.CCCCCCCCCC[N+](C)(C)CCCCCCCCCC. The standard InChI is InChI=1S/C22H48N.C8H16O2/c1-5-7-9-11-13-15-17-19-21-23(3,4)22-20-18-16-14-12-10-8-6-2;1-3-5-6-7-8(9)10-4-2/h5-22H2,1-4H3;3-7H2,1-2H3/q+1;. The van der Waals surface area contributed by atoms with E-state index in [0.29, 0.717) is 13.0 Å². The summed E-state index contributed by atoms with van der Waals surface area (Å²) in [6.07, 6.45) is 26.9. The first-order valence-corrected chi connectivity index (χ1v) is 14.9. The van der Waals surface area contributed by atoms with Gasteiger partial charge in [-0.15, -0.1) is 0 Å². The normalized spacial score (nSPS) is 11.2. The summed E-state index contributed by atoms with van der Waals surface area (Å²) >= 11 is 0. The van der Waals surface area contributed by atoms with Crippen molar-refractivity contribution in [2.45, 2.75) is 156 Å².